The topological polar surface area (TPSA) is 70.2 Å². The number of esters is 1. The Bertz CT molecular complexity index is 583. The van der Waals surface area contributed by atoms with Crippen LogP contribution in [0, 0.1) is 13.8 Å². The van der Waals surface area contributed by atoms with E-state index in [9.17, 15) is 4.79 Å². The molecule has 0 radical (unpaired) electrons. The fourth-order valence-electron chi connectivity index (χ4n) is 1.71. The van der Waals surface area contributed by atoms with Crippen LogP contribution in [0.1, 0.15) is 28.7 Å². The first-order chi connectivity index (χ1) is 8.54. The van der Waals surface area contributed by atoms with Gasteiger partial charge in [0.1, 0.15) is 22.7 Å². The number of carbonyl (C=O) groups is 1. The number of rotatable bonds is 3. The lowest BCUT2D eigenvalue weighted by molar-refractivity contribution is 0.0526. The maximum absolute atomic E-state index is 11.9. The van der Waals surface area contributed by atoms with Crippen LogP contribution in [0.5, 0.6) is 0 Å². The predicted octanol–water partition coefficient (Wildman–Crippen LogP) is 1.87. The molecule has 2 aromatic rings. The van der Waals surface area contributed by atoms with Gasteiger partial charge in [0.25, 0.3) is 0 Å². The van der Waals surface area contributed by atoms with Crippen molar-refractivity contribution in [3.8, 4) is 11.4 Å². The molecule has 0 saturated carbocycles. The van der Waals surface area contributed by atoms with Gasteiger partial charge in [-0.3, -0.25) is 4.68 Å². The van der Waals surface area contributed by atoms with Crippen molar-refractivity contribution in [2.45, 2.75) is 20.8 Å². The highest BCUT2D eigenvalue weighted by Gasteiger charge is 2.24. The van der Waals surface area contributed by atoms with Crippen LogP contribution in [0.4, 0.5) is 0 Å². The second-order valence-corrected chi connectivity index (χ2v) is 3.98. The van der Waals surface area contributed by atoms with Gasteiger partial charge in [0, 0.05) is 13.1 Å². The van der Waals surface area contributed by atoms with E-state index in [0.717, 1.165) is 5.69 Å². The van der Waals surface area contributed by atoms with Gasteiger partial charge in [-0.1, -0.05) is 5.16 Å². The van der Waals surface area contributed by atoms with Crippen molar-refractivity contribution in [3.63, 3.8) is 0 Å². The summed E-state index contributed by atoms with van der Waals surface area (Å²) >= 11 is 0. The van der Waals surface area contributed by atoms with E-state index in [1.807, 2.05) is 6.92 Å². The molecule has 18 heavy (non-hydrogen) atoms. The first-order valence-corrected chi connectivity index (χ1v) is 5.69. The van der Waals surface area contributed by atoms with Gasteiger partial charge in [-0.2, -0.15) is 5.10 Å². The summed E-state index contributed by atoms with van der Waals surface area (Å²) < 4.78 is 11.7. The Balaban J connectivity index is 2.54. The van der Waals surface area contributed by atoms with Crippen molar-refractivity contribution in [3.05, 3.63) is 23.1 Å². The SMILES string of the molecule is CCOC(=O)c1c(-c2cc(C)on2)nn(C)c1C. The van der Waals surface area contributed by atoms with E-state index >= 15 is 0 Å². The maximum Gasteiger partial charge on any atom is 0.342 e. The van der Waals surface area contributed by atoms with E-state index in [1.54, 1.807) is 31.6 Å². The summed E-state index contributed by atoms with van der Waals surface area (Å²) in [7, 11) is 1.77. The largest absolute Gasteiger partial charge is 0.462 e. The zero-order chi connectivity index (χ0) is 13.3. The van der Waals surface area contributed by atoms with Crippen LogP contribution in [0.3, 0.4) is 0 Å². The summed E-state index contributed by atoms with van der Waals surface area (Å²) in [6.07, 6.45) is 0. The molecule has 0 aliphatic carbocycles. The van der Waals surface area contributed by atoms with Gasteiger partial charge < -0.3 is 9.26 Å². The molecule has 0 unspecified atom stereocenters. The number of ether oxygens (including phenoxy) is 1. The molecule has 0 aliphatic heterocycles. The maximum atomic E-state index is 11.9. The highest BCUT2D eigenvalue weighted by Crippen LogP contribution is 2.25. The summed E-state index contributed by atoms with van der Waals surface area (Å²) in [5.74, 6) is 0.280. The molecule has 0 atom stereocenters. The van der Waals surface area contributed by atoms with Crippen LogP contribution in [0.25, 0.3) is 11.4 Å². The van der Waals surface area contributed by atoms with Gasteiger partial charge in [-0.15, -0.1) is 0 Å². The minimum atomic E-state index is -0.390. The fourth-order valence-corrected chi connectivity index (χ4v) is 1.71. The van der Waals surface area contributed by atoms with Gasteiger partial charge in [0.05, 0.1) is 12.3 Å². The molecule has 2 rings (SSSR count). The Hall–Kier alpha value is -2.11. The number of hydrogen-bond acceptors (Lipinski definition) is 5. The molecule has 0 aliphatic rings. The van der Waals surface area contributed by atoms with Crippen molar-refractivity contribution in [2.24, 2.45) is 7.05 Å². The standard InChI is InChI=1S/C12H15N3O3/c1-5-17-12(16)10-8(3)15(4)13-11(10)9-6-7(2)18-14-9/h6H,5H2,1-4H3. The van der Waals surface area contributed by atoms with Crippen molar-refractivity contribution in [1.82, 2.24) is 14.9 Å². The Morgan fingerprint density at radius 1 is 1.50 bits per heavy atom. The van der Waals surface area contributed by atoms with Crippen LogP contribution in [-0.2, 0) is 11.8 Å². The van der Waals surface area contributed by atoms with Crippen molar-refractivity contribution >= 4 is 5.97 Å². The van der Waals surface area contributed by atoms with Crippen LogP contribution in [0.15, 0.2) is 10.6 Å². The summed E-state index contributed by atoms with van der Waals surface area (Å²) in [5, 5.41) is 8.18. The molecule has 6 heteroatoms. The Labute approximate surface area is 105 Å². The molecule has 0 bridgehead atoms. The zero-order valence-corrected chi connectivity index (χ0v) is 10.9. The summed E-state index contributed by atoms with van der Waals surface area (Å²) in [4.78, 5) is 11.9. The number of carbonyl (C=O) groups excluding carboxylic acids is 1. The minimum absolute atomic E-state index is 0.324. The van der Waals surface area contributed by atoms with E-state index in [1.165, 1.54) is 0 Å². The molecule has 0 N–H and O–H groups in total. The Morgan fingerprint density at radius 3 is 2.78 bits per heavy atom. The van der Waals surface area contributed by atoms with E-state index in [-0.39, 0.29) is 0 Å². The molecular formula is C12H15N3O3. The monoisotopic (exact) mass is 249 g/mol. The van der Waals surface area contributed by atoms with Gasteiger partial charge in [0.15, 0.2) is 0 Å². The molecule has 0 amide bonds. The third-order valence-corrected chi connectivity index (χ3v) is 2.68. The zero-order valence-electron chi connectivity index (χ0n) is 10.9. The van der Waals surface area contributed by atoms with Gasteiger partial charge in [-0.05, 0) is 20.8 Å². The van der Waals surface area contributed by atoms with Crippen LogP contribution in [0.2, 0.25) is 0 Å². The van der Waals surface area contributed by atoms with E-state index in [2.05, 4.69) is 10.3 Å². The smallest absolute Gasteiger partial charge is 0.342 e. The number of nitrogens with zero attached hydrogens (tertiary/aromatic N) is 3. The average Bonchev–Trinajstić information content (AvgIpc) is 2.85. The van der Waals surface area contributed by atoms with Crippen LogP contribution >= 0.6 is 0 Å². The normalized spacial score (nSPS) is 10.7. The lowest BCUT2D eigenvalue weighted by Gasteiger charge is -2.01. The molecule has 2 aromatic heterocycles. The molecule has 96 valence electrons. The summed E-state index contributed by atoms with van der Waals surface area (Å²) in [6, 6.07) is 1.74. The van der Waals surface area contributed by atoms with Crippen molar-refractivity contribution in [2.75, 3.05) is 6.61 Å². The molecule has 0 aromatic carbocycles. The lowest BCUT2D eigenvalue weighted by atomic mass is 10.1. The van der Waals surface area contributed by atoms with Gasteiger partial charge >= 0.3 is 5.97 Å². The van der Waals surface area contributed by atoms with Gasteiger partial charge in [0.2, 0.25) is 0 Å². The predicted molar refractivity (Wildman–Crippen MR) is 64.1 cm³/mol. The van der Waals surface area contributed by atoms with E-state index < -0.39 is 5.97 Å². The number of aryl methyl sites for hydroxylation is 2. The minimum Gasteiger partial charge on any atom is -0.462 e. The molecular weight excluding hydrogens is 234 g/mol. The number of aromatic nitrogens is 3. The van der Waals surface area contributed by atoms with Crippen LogP contribution < -0.4 is 0 Å². The van der Waals surface area contributed by atoms with Crippen LogP contribution in [-0.4, -0.2) is 27.5 Å². The quantitative estimate of drug-likeness (QED) is 0.776. The highest BCUT2D eigenvalue weighted by atomic mass is 16.5. The molecule has 6 nitrogen and oxygen atoms in total. The Kier molecular flexibility index (Phi) is 3.18. The second kappa shape index (κ2) is 4.64. The summed E-state index contributed by atoms with van der Waals surface area (Å²) in [5.41, 5.74) is 2.21. The van der Waals surface area contributed by atoms with E-state index in [0.29, 0.717) is 29.3 Å². The highest BCUT2D eigenvalue weighted by molar-refractivity contribution is 5.97. The average molecular weight is 249 g/mol. The third kappa shape index (κ3) is 2.01. The Morgan fingerprint density at radius 2 is 2.22 bits per heavy atom. The number of hydrogen-bond donors (Lipinski definition) is 0. The van der Waals surface area contributed by atoms with Crippen molar-refractivity contribution < 1.29 is 14.1 Å². The molecule has 0 fully saturated rings. The summed E-state index contributed by atoms with van der Waals surface area (Å²) in [6.45, 7) is 5.69. The lowest BCUT2D eigenvalue weighted by Crippen LogP contribution is -2.07. The van der Waals surface area contributed by atoms with E-state index in [4.69, 9.17) is 9.26 Å². The second-order valence-electron chi connectivity index (χ2n) is 3.98. The molecule has 2 heterocycles. The molecule has 0 saturated heterocycles. The fraction of sp³-hybridized carbons (Fsp3) is 0.417. The third-order valence-electron chi connectivity index (χ3n) is 2.68. The van der Waals surface area contributed by atoms with Crippen molar-refractivity contribution in [1.29, 1.82) is 0 Å². The first kappa shape index (κ1) is 12.3. The van der Waals surface area contributed by atoms with Gasteiger partial charge in [-0.25, -0.2) is 4.79 Å². The molecule has 0 spiro atoms. The first-order valence-electron chi connectivity index (χ1n) is 5.69.